The molecule has 2 saturated heterocycles. The van der Waals surface area contributed by atoms with E-state index in [1.165, 1.54) is 0 Å². The topological polar surface area (TPSA) is 130 Å². The molecule has 0 spiro atoms. The molecule has 0 radical (unpaired) electrons. The van der Waals surface area contributed by atoms with Gasteiger partial charge in [-0.3, -0.25) is 4.79 Å². The van der Waals surface area contributed by atoms with Crippen LogP contribution in [0.1, 0.15) is 36.4 Å². The number of aliphatic hydroxyl groups is 1. The highest BCUT2D eigenvalue weighted by Gasteiger charge is 2.50. The predicted molar refractivity (Wildman–Crippen MR) is 152 cm³/mol. The minimum atomic E-state index is -5.39. The zero-order chi connectivity index (χ0) is 29.5. The van der Waals surface area contributed by atoms with Crippen LogP contribution in [0.5, 0.6) is 0 Å². The van der Waals surface area contributed by atoms with E-state index in [0.29, 0.717) is 22.8 Å². The van der Waals surface area contributed by atoms with Gasteiger partial charge in [-0.05, 0) is 42.5 Å². The molecule has 2 aromatic carbocycles. The third-order valence-electron chi connectivity index (χ3n) is 7.70. The average Bonchev–Trinajstić information content (AvgIpc) is 3.55. The number of fused-ring (bicyclic) bond motifs is 1. The molecule has 1 unspecified atom stereocenters. The van der Waals surface area contributed by atoms with E-state index in [-0.39, 0.29) is 49.4 Å². The Balaban J connectivity index is 1.46. The summed E-state index contributed by atoms with van der Waals surface area (Å²) in [5.41, 5.74) is 4.52. The van der Waals surface area contributed by atoms with E-state index < -0.39 is 27.7 Å². The van der Waals surface area contributed by atoms with E-state index in [4.69, 9.17) is 18.0 Å². The van der Waals surface area contributed by atoms with Gasteiger partial charge in [-0.1, -0.05) is 42.5 Å². The number of aliphatic hydroxyl groups excluding tert-OH is 1. The van der Waals surface area contributed by atoms with Gasteiger partial charge in [0.2, 0.25) is 5.91 Å². The van der Waals surface area contributed by atoms with E-state index in [9.17, 15) is 31.5 Å². The largest absolute Gasteiger partial charge is 0.511 e. The predicted octanol–water partition coefficient (Wildman–Crippen LogP) is 2.77. The average molecular weight is 610 g/mol. The number of amides is 1. The van der Waals surface area contributed by atoms with Gasteiger partial charge in [0, 0.05) is 60.4 Å². The third-order valence-corrected chi connectivity index (χ3v) is 9.56. The lowest BCUT2D eigenvalue weighted by molar-refractivity contribution is -0.123. The maximum Gasteiger partial charge on any atom is 0.511 e. The molecule has 0 aliphatic carbocycles. The second-order valence-corrected chi connectivity index (χ2v) is 12.8. The van der Waals surface area contributed by atoms with Crippen molar-refractivity contribution in [2.24, 2.45) is 5.73 Å². The Labute approximate surface area is 240 Å². The number of hydrogen-bond acceptors (Lipinski definition) is 6. The molecule has 41 heavy (non-hydrogen) atoms. The number of hydrogen-bond donors (Lipinski definition) is 4. The second kappa shape index (κ2) is 11.3. The summed E-state index contributed by atoms with van der Waals surface area (Å²) >= 11 is 5.14. The summed E-state index contributed by atoms with van der Waals surface area (Å²) in [6, 6.07) is 12.5. The number of carbonyl (C=O) groups is 1. The number of nitrogens with two attached hydrogens (primary N) is 1. The van der Waals surface area contributed by atoms with Crippen molar-refractivity contribution in [2.45, 2.75) is 49.5 Å². The van der Waals surface area contributed by atoms with E-state index in [0.717, 1.165) is 27.6 Å². The number of piperidine rings is 1. The third kappa shape index (κ3) is 5.97. The summed E-state index contributed by atoms with van der Waals surface area (Å²) in [4.78, 5) is 12.8. The number of nitrogens with one attached hydrogen (secondary N) is 2. The Bertz CT molecular complexity index is 1580. The number of carbonyl (C=O) groups excluding carboxylic acids is 1. The van der Waals surface area contributed by atoms with Crippen molar-refractivity contribution in [3.63, 3.8) is 0 Å². The van der Waals surface area contributed by atoms with Crippen LogP contribution in [-0.2, 0) is 21.4 Å². The highest BCUT2D eigenvalue weighted by Crippen LogP contribution is 2.38. The van der Waals surface area contributed by atoms with Crippen LogP contribution in [0.4, 0.5) is 13.2 Å². The van der Waals surface area contributed by atoms with Crippen molar-refractivity contribution in [1.29, 1.82) is 0 Å². The zero-order valence-electron chi connectivity index (χ0n) is 21.9. The van der Waals surface area contributed by atoms with Gasteiger partial charge in [-0.2, -0.15) is 17.5 Å². The lowest BCUT2D eigenvalue weighted by Gasteiger charge is -2.32. The summed E-state index contributed by atoms with van der Waals surface area (Å²) in [7, 11) is -5.39. The van der Waals surface area contributed by atoms with Crippen molar-refractivity contribution in [1.82, 2.24) is 19.5 Å². The number of sulfonamides is 1. The van der Waals surface area contributed by atoms with Gasteiger partial charge in [-0.15, -0.1) is 0 Å². The second-order valence-electron chi connectivity index (χ2n) is 10.4. The summed E-state index contributed by atoms with van der Waals surface area (Å²) in [5, 5.41) is 16.5. The number of halogens is 3. The molecule has 2 atom stereocenters. The molecule has 2 aliphatic rings. The minimum Gasteiger partial charge on any atom is -0.392 e. The maximum absolute atomic E-state index is 13.1. The van der Waals surface area contributed by atoms with Crippen molar-refractivity contribution in [3.8, 4) is 11.1 Å². The van der Waals surface area contributed by atoms with Gasteiger partial charge in [0.1, 0.15) is 4.99 Å². The molecule has 0 bridgehead atoms. The number of rotatable bonds is 7. The van der Waals surface area contributed by atoms with E-state index in [1.54, 1.807) is 6.07 Å². The van der Waals surface area contributed by atoms with Crippen LogP contribution < -0.4 is 16.4 Å². The molecule has 3 heterocycles. The quantitative estimate of drug-likeness (QED) is 0.303. The van der Waals surface area contributed by atoms with E-state index in [1.807, 2.05) is 47.2 Å². The van der Waals surface area contributed by atoms with Gasteiger partial charge in [0.15, 0.2) is 0 Å². The smallest absolute Gasteiger partial charge is 0.392 e. The number of β-amino-alcohol motifs (C(OH)–C–C–N with tert-alkyl or cyclic N) is 1. The molecular formula is C27H30F3N5O4S2. The minimum absolute atomic E-state index is 0.197. The Morgan fingerprint density at radius 2 is 1.90 bits per heavy atom. The molecule has 1 aromatic heterocycles. The zero-order valence-corrected chi connectivity index (χ0v) is 23.5. The molecule has 1 amide bonds. The number of thiocarbonyl (C=S) groups is 1. The molecule has 14 heteroatoms. The number of nitrogens with zero attached hydrogens (tertiary/aromatic N) is 2. The van der Waals surface area contributed by atoms with Crippen LogP contribution in [0.25, 0.3) is 22.0 Å². The molecule has 2 fully saturated rings. The summed E-state index contributed by atoms with van der Waals surface area (Å²) in [6.07, 6.45) is 2.09. The Hall–Kier alpha value is -3.04. The van der Waals surface area contributed by atoms with Gasteiger partial charge in [0.05, 0.1) is 12.1 Å². The molecule has 220 valence electrons. The number of aromatic nitrogens is 1. The fourth-order valence-corrected chi connectivity index (χ4v) is 6.63. The van der Waals surface area contributed by atoms with Crippen LogP contribution in [0.2, 0.25) is 0 Å². The molecule has 5 rings (SSSR count). The SMILES string of the molecule is NC(=S)c1cccc(-c2cn(C3CCN(S(=O)(=O)C(F)(F)F)CC3)c3cc(CNC(=O)C4C[C@H](O)CN4)ccc23)c1. The fourth-order valence-electron chi connectivity index (χ4n) is 5.52. The molecule has 9 nitrogen and oxygen atoms in total. The Kier molecular flexibility index (Phi) is 8.14. The number of alkyl halides is 3. The lowest BCUT2D eigenvalue weighted by atomic mass is 10.0. The number of benzene rings is 2. The van der Waals surface area contributed by atoms with Gasteiger partial charge in [0.25, 0.3) is 0 Å². The van der Waals surface area contributed by atoms with E-state index in [2.05, 4.69) is 10.6 Å². The van der Waals surface area contributed by atoms with Crippen molar-refractivity contribution in [3.05, 3.63) is 59.8 Å². The van der Waals surface area contributed by atoms with Crippen LogP contribution >= 0.6 is 12.2 Å². The van der Waals surface area contributed by atoms with Gasteiger partial charge < -0.3 is 26.0 Å². The molecule has 5 N–H and O–H groups in total. The first kappa shape index (κ1) is 29.5. The summed E-state index contributed by atoms with van der Waals surface area (Å²) < 4.78 is 65.7. The van der Waals surface area contributed by atoms with Gasteiger partial charge >= 0.3 is 15.5 Å². The molecular weight excluding hydrogens is 579 g/mol. The first-order chi connectivity index (χ1) is 19.3. The van der Waals surface area contributed by atoms with E-state index >= 15 is 0 Å². The first-order valence-corrected chi connectivity index (χ1v) is 15.0. The monoisotopic (exact) mass is 609 g/mol. The highest BCUT2D eigenvalue weighted by molar-refractivity contribution is 7.90. The summed E-state index contributed by atoms with van der Waals surface area (Å²) in [5.74, 6) is -0.217. The van der Waals surface area contributed by atoms with Gasteiger partial charge in [-0.25, -0.2) is 8.42 Å². The normalized spacial score (nSPS) is 20.9. The van der Waals surface area contributed by atoms with Crippen molar-refractivity contribution in [2.75, 3.05) is 19.6 Å². The maximum atomic E-state index is 13.1. The Morgan fingerprint density at radius 3 is 2.54 bits per heavy atom. The lowest BCUT2D eigenvalue weighted by Crippen LogP contribution is -2.45. The highest BCUT2D eigenvalue weighted by atomic mass is 32.2. The molecule has 0 saturated carbocycles. The first-order valence-electron chi connectivity index (χ1n) is 13.1. The van der Waals surface area contributed by atoms with Crippen LogP contribution in [0.3, 0.4) is 0 Å². The van der Waals surface area contributed by atoms with Crippen molar-refractivity contribution < 1.29 is 31.5 Å². The fraction of sp³-hybridized carbons (Fsp3) is 0.407. The molecule has 3 aromatic rings. The van der Waals surface area contributed by atoms with Crippen LogP contribution in [-0.4, -0.2) is 70.6 Å². The summed E-state index contributed by atoms with van der Waals surface area (Å²) in [6.45, 7) is 0.0884. The molecule has 2 aliphatic heterocycles. The van der Waals surface area contributed by atoms with Crippen molar-refractivity contribution >= 4 is 44.0 Å². The standard InChI is InChI=1S/C27H30F3N5O4S2/c28-27(29,30)41(38,39)34-8-6-19(7-9-34)35-15-22(17-2-1-3-18(11-17)25(31)40)21-5-4-16(10-24(21)35)13-33-26(37)23-12-20(36)14-32-23/h1-5,10-11,15,19-20,23,32,36H,6-9,12-14H2,(H2,31,40)(H,33,37)/t20-,23?/m0/s1. The Morgan fingerprint density at radius 1 is 1.17 bits per heavy atom. The van der Waals surface area contributed by atoms with Crippen LogP contribution in [0, 0.1) is 0 Å². The van der Waals surface area contributed by atoms with Crippen LogP contribution in [0.15, 0.2) is 48.7 Å².